The number of benzene rings is 1. The molecule has 0 aliphatic carbocycles. The van der Waals surface area contributed by atoms with Crippen LogP contribution in [0.2, 0.25) is 0 Å². The van der Waals surface area contributed by atoms with Crippen molar-refractivity contribution in [1.82, 2.24) is 30.0 Å². The highest BCUT2D eigenvalue weighted by atomic mass is 19.1. The van der Waals surface area contributed by atoms with Gasteiger partial charge in [0, 0.05) is 26.1 Å². The van der Waals surface area contributed by atoms with Gasteiger partial charge in [-0.2, -0.15) is 0 Å². The van der Waals surface area contributed by atoms with Crippen LogP contribution in [0.3, 0.4) is 0 Å². The number of morpholine rings is 1. The Morgan fingerprint density at radius 2 is 1.96 bits per heavy atom. The molecule has 0 unspecified atom stereocenters. The highest BCUT2D eigenvalue weighted by Crippen LogP contribution is 2.32. The molecule has 0 spiro atoms. The van der Waals surface area contributed by atoms with E-state index in [-0.39, 0.29) is 17.8 Å². The Labute approximate surface area is 163 Å². The maximum absolute atomic E-state index is 13.2. The van der Waals surface area contributed by atoms with E-state index in [1.54, 1.807) is 16.8 Å². The molecule has 28 heavy (non-hydrogen) atoms. The lowest BCUT2D eigenvalue weighted by molar-refractivity contribution is -0.132. The molecule has 2 aliphatic heterocycles. The molecule has 8 nitrogen and oxygen atoms in total. The van der Waals surface area contributed by atoms with E-state index in [1.807, 2.05) is 4.90 Å². The Hall–Kier alpha value is -2.39. The Morgan fingerprint density at radius 1 is 1.18 bits per heavy atom. The van der Waals surface area contributed by atoms with Crippen LogP contribution in [-0.4, -0.2) is 68.8 Å². The Balaban J connectivity index is 1.35. The summed E-state index contributed by atoms with van der Waals surface area (Å²) < 4.78 is 20.3. The lowest BCUT2D eigenvalue weighted by Crippen LogP contribution is -2.36. The summed E-state index contributed by atoms with van der Waals surface area (Å²) in [5.41, 5.74) is 0.989. The predicted octanol–water partition coefficient (Wildman–Crippen LogP) is 1.40. The van der Waals surface area contributed by atoms with Gasteiger partial charge in [-0.25, -0.2) is 9.07 Å². The van der Waals surface area contributed by atoms with Crippen LogP contribution < -0.4 is 0 Å². The summed E-state index contributed by atoms with van der Waals surface area (Å²) in [6.07, 6.45) is 2.21. The zero-order valence-electron chi connectivity index (χ0n) is 15.8. The summed E-state index contributed by atoms with van der Waals surface area (Å²) in [7, 11) is 0. The molecular weight excluding hydrogens is 363 g/mol. The van der Waals surface area contributed by atoms with E-state index in [9.17, 15) is 9.18 Å². The monoisotopic (exact) mass is 388 g/mol. The van der Waals surface area contributed by atoms with Crippen molar-refractivity contribution in [2.24, 2.45) is 0 Å². The molecule has 1 amide bonds. The SMILES string of the molecule is O=C(CCn1nnnc1CN1CCOCC1)N1CCC[C@H]1c1ccc(F)cc1. The van der Waals surface area contributed by atoms with Gasteiger partial charge in [0.15, 0.2) is 5.82 Å². The fourth-order valence-electron chi connectivity index (χ4n) is 3.91. The molecule has 0 bridgehead atoms. The van der Waals surface area contributed by atoms with Crippen LogP contribution in [0, 0.1) is 5.82 Å². The van der Waals surface area contributed by atoms with Crippen LogP contribution >= 0.6 is 0 Å². The van der Waals surface area contributed by atoms with Gasteiger partial charge in [0.2, 0.25) is 5.91 Å². The molecule has 2 fully saturated rings. The van der Waals surface area contributed by atoms with E-state index in [0.717, 1.165) is 57.1 Å². The summed E-state index contributed by atoms with van der Waals surface area (Å²) in [5.74, 6) is 0.594. The number of carbonyl (C=O) groups excluding carboxylic acids is 1. The first-order valence-corrected chi connectivity index (χ1v) is 9.81. The maximum atomic E-state index is 13.2. The average Bonchev–Trinajstić information content (AvgIpc) is 3.37. The molecule has 3 heterocycles. The number of nitrogens with zero attached hydrogens (tertiary/aromatic N) is 6. The maximum Gasteiger partial charge on any atom is 0.224 e. The molecule has 1 atom stereocenters. The number of amides is 1. The van der Waals surface area contributed by atoms with E-state index in [4.69, 9.17) is 4.74 Å². The molecule has 0 saturated carbocycles. The Morgan fingerprint density at radius 3 is 2.75 bits per heavy atom. The molecule has 9 heteroatoms. The Kier molecular flexibility index (Phi) is 5.92. The first-order valence-electron chi connectivity index (χ1n) is 9.81. The van der Waals surface area contributed by atoms with Gasteiger partial charge in [-0.05, 0) is 41.0 Å². The number of ether oxygens (including phenoxy) is 1. The molecule has 2 aromatic rings. The van der Waals surface area contributed by atoms with Crippen molar-refractivity contribution in [2.45, 2.75) is 38.4 Å². The van der Waals surface area contributed by atoms with E-state index in [1.165, 1.54) is 12.1 Å². The van der Waals surface area contributed by atoms with Gasteiger partial charge in [-0.15, -0.1) is 5.10 Å². The van der Waals surface area contributed by atoms with Gasteiger partial charge in [-0.1, -0.05) is 12.1 Å². The number of hydrogen-bond donors (Lipinski definition) is 0. The number of aryl methyl sites for hydroxylation is 1. The quantitative estimate of drug-likeness (QED) is 0.745. The van der Waals surface area contributed by atoms with Crippen molar-refractivity contribution >= 4 is 5.91 Å². The predicted molar refractivity (Wildman–Crippen MR) is 98.6 cm³/mol. The third kappa shape index (κ3) is 4.36. The van der Waals surface area contributed by atoms with E-state index >= 15 is 0 Å². The van der Waals surface area contributed by atoms with E-state index in [0.29, 0.717) is 19.5 Å². The van der Waals surface area contributed by atoms with Gasteiger partial charge < -0.3 is 9.64 Å². The second-order valence-electron chi connectivity index (χ2n) is 7.25. The van der Waals surface area contributed by atoms with Crippen LogP contribution in [0.25, 0.3) is 0 Å². The number of carbonyl (C=O) groups is 1. The topological polar surface area (TPSA) is 76.4 Å². The molecular formula is C19H25FN6O2. The minimum atomic E-state index is -0.258. The third-order valence-corrected chi connectivity index (χ3v) is 5.44. The van der Waals surface area contributed by atoms with E-state index < -0.39 is 0 Å². The third-order valence-electron chi connectivity index (χ3n) is 5.44. The normalized spacial score (nSPS) is 20.6. The summed E-state index contributed by atoms with van der Waals surface area (Å²) in [6, 6.07) is 6.47. The number of rotatable bonds is 6. The van der Waals surface area contributed by atoms with Gasteiger partial charge >= 0.3 is 0 Å². The van der Waals surface area contributed by atoms with Crippen molar-refractivity contribution < 1.29 is 13.9 Å². The zero-order valence-corrected chi connectivity index (χ0v) is 15.8. The van der Waals surface area contributed by atoms with Crippen molar-refractivity contribution in [3.05, 3.63) is 41.5 Å². The highest BCUT2D eigenvalue weighted by molar-refractivity contribution is 5.77. The molecule has 2 aliphatic rings. The van der Waals surface area contributed by atoms with Crippen LogP contribution in [0.1, 0.15) is 36.7 Å². The number of likely N-dealkylation sites (tertiary alicyclic amines) is 1. The van der Waals surface area contributed by atoms with Gasteiger partial charge in [0.1, 0.15) is 5.82 Å². The lowest BCUT2D eigenvalue weighted by Gasteiger charge is -2.26. The molecule has 150 valence electrons. The number of aromatic nitrogens is 4. The number of tetrazole rings is 1. The van der Waals surface area contributed by atoms with Crippen LogP contribution in [0.5, 0.6) is 0 Å². The molecule has 1 aromatic heterocycles. The van der Waals surface area contributed by atoms with Crippen LogP contribution in [0.15, 0.2) is 24.3 Å². The van der Waals surface area contributed by atoms with Gasteiger partial charge in [-0.3, -0.25) is 9.69 Å². The molecule has 1 aromatic carbocycles. The van der Waals surface area contributed by atoms with Gasteiger partial charge in [0.05, 0.1) is 32.3 Å². The second-order valence-corrected chi connectivity index (χ2v) is 7.25. The van der Waals surface area contributed by atoms with Crippen molar-refractivity contribution in [2.75, 3.05) is 32.8 Å². The molecule has 4 rings (SSSR count). The minimum Gasteiger partial charge on any atom is -0.379 e. The molecule has 0 N–H and O–H groups in total. The summed E-state index contributed by atoms with van der Waals surface area (Å²) in [4.78, 5) is 17.0. The first-order chi connectivity index (χ1) is 13.7. The number of halogens is 1. The standard InChI is InChI=1S/C19H25FN6O2/c20-16-5-3-15(4-6-16)17-2-1-8-25(17)19(27)7-9-26-18(21-22-23-26)14-24-10-12-28-13-11-24/h3-6,17H,1-2,7-14H2/t17-/m0/s1. The molecule has 2 saturated heterocycles. The zero-order chi connectivity index (χ0) is 19.3. The summed E-state index contributed by atoms with van der Waals surface area (Å²) in [6.45, 7) is 5.01. The first kappa shape index (κ1) is 18.9. The van der Waals surface area contributed by atoms with E-state index in [2.05, 4.69) is 20.4 Å². The second kappa shape index (κ2) is 8.74. The van der Waals surface area contributed by atoms with Gasteiger partial charge in [0.25, 0.3) is 0 Å². The van der Waals surface area contributed by atoms with Crippen LogP contribution in [-0.2, 0) is 22.6 Å². The smallest absolute Gasteiger partial charge is 0.224 e. The summed E-state index contributed by atoms with van der Waals surface area (Å²) >= 11 is 0. The van der Waals surface area contributed by atoms with Crippen LogP contribution in [0.4, 0.5) is 4.39 Å². The fraction of sp³-hybridized carbons (Fsp3) is 0.579. The fourth-order valence-corrected chi connectivity index (χ4v) is 3.91. The van der Waals surface area contributed by atoms with Crippen molar-refractivity contribution in [1.29, 1.82) is 0 Å². The largest absolute Gasteiger partial charge is 0.379 e. The average molecular weight is 388 g/mol. The lowest BCUT2D eigenvalue weighted by atomic mass is 10.0. The minimum absolute atomic E-state index is 0.0230. The van der Waals surface area contributed by atoms with Crippen molar-refractivity contribution in [3.63, 3.8) is 0 Å². The number of hydrogen-bond acceptors (Lipinski definition) is 6. The molecule has 0 radical (unpaired) electrons. The van der Waals surface area contributed by atoms with Crippen molar-refractivity contribution in [3.8, 4) is 0 Å². The summed E-state index contributed by atoms with van der Waals surface area (Å²) in [5, 5.41) is 11.9. The Bertz CT molecular complexity index is 790. The highest BCUT2D eigenvalue weighted by Gasteiger charge is 2.29.